The number of nitriles is 1. The van der Waals surface area contributed by atoms with Crippen LogP contribution >= 0.6 is 11.3 Å². The van der Waals surface area contributed by atoms with E-state index in [1.54, 1.807) is 28.4 Å². The van der Waals surface area contributed by atoms with Crippen LogP contribution in [0.1, 0.15) is 11.1 Å². The van der Waals surface area contributed by atoms with Crippen molar-refractivity contribution in [3.63, 3.8) is 0 Å². The van der Waals surface area contributed by atoms with Gasteiger partial charge < -0.3 is 0 Å². The second-order valence-electron chi connectivity index (χ2n) is 2.73. The molecule has 4 heteroatoms. The van der Waals surface area contributed by atoms with Crippen LogP contribution in [0.25, 0.3) is 5.69 Å². The molecule has 0 saturated carbocycles. The molecule has 2 aromatic heterocycles. The molecule has 0 unspecified atom stereocenters. The lowest BCUT2D eigenvalue weighted by Crippen LogP contribution is -1.93. The maximum Gasteiger partial charge on any atom is 0.102 e. The van der Waals surface area contributed by atoms with Crippen molar-refractivity contribution in [3.05, 3.63) is 34.3 Å². The quantitative estimate of drug-likeness (QED) is 0.689. The Morgan fingerprint density at radius 2 is 2.38 bits per heavy atom. The van der Waals surface area contributed by atoms with Gasteiger partial charge in [0.2, 0.25) is 0 Å². The molecule has 0 aliphatic rings. The summed E-state index contributed by atoms with van der Waals surface area (Å²) in [7, 11) is 0. The van der Waals surface area contributed by atoms with Crippen molar-refractivity contribution in [2.45, 2.75) is 6.92 Å². The molecule has 0 aromatic carbocycles. The standard InChI is InChI=1S/C9H7N3S/c1-7-5-13-6-9(7)12-4-8(2-10)3-11-12/h3-6H,1H3. The van der Waals surface area contributed by atoms with E-state index in [9.17, 15) is 0 Å². The molecule has 64 valence electrons. The minimum atomic E-state index is 0.589. The van der Waals surface area contributed by atoms with Crippen LogP contribution in [-0.2, 0) is 0 Å². The van der Waals surface area contributed by atoms with Gasteiger partial charge in [-0.15, -0.1) is 11.3 Å². The molecular formula is C9H7N3S. The zero-order chi connectivity index (χ0) is 9.26. The van der Waals surface area contributed by atoms with E-state index >= 15 is 0 Å². The van der Waals surface area contributed by atoms with Gasteiger partial charge in [0.25, 0.3) is 0 Å². The zero-order valence-corrected chi connectivity index (χ0v) is 7.88. The molecule has 2 rings (SSSR count). The van der Waals surface area contributed by atoms with Crippen LogP contribution < -0.4 is 0 Å². The highest BCUT2D eigenvalue weighted by atomic mass is 32.1. The third-order valence-corrected chi connectivity index (χ3v) is 2.64. The van der Waals surface area contributed by atoms with Crippen molar-refractivity contribution in [2.24, 2.45) is 0 Å². The summed E-state index contributed by atoms with van der Waals surface area (Å²) in [6.07, 6.45) is 3.30. The highest BCUT2D eigenvalue weighted by Gasteiger charge is 2.03. The fourth-order valence-electron chi connectivity index (χ4n) is 1.10. The van der Waals surface area contributed by atoms with Gasteiger partial charge in [0.15, 0.2) is 0 Å². The number of aromatic nitrogens is 2. The van der Waals surface area contributed by atoms with Gasteiger partial charge in [0.1, 0.15) is 6.07 Å². The number of nitrogens with zero attached hydrogens (tertiary/aromatic N) is 3. The van der Waals surface area contributed by atoms with Gasteiger partial charge >= 0.3 is 0 Å². The molecule has 0 bridgehead atoms. The molecular weight excluding hydrogens is 182 g/mol. The van der Waals surface area contributed by atoms with E-state index in [0.717, 1.165) is 5.69 Å². The predicted octanol–water partition coefficient (Wildman–Crippen LogP) is 2.11. The number of aryl methyl sites for hydroxylation is 1. The topological polar surface area (TPSA) is 41.6 Å². The van der Waals surface area contributed by atoms with E-state index < -0.39 is 0 Å². The van der Waals surface area contributed by atoms with Crippen LogP contribution in [0, 0.1) is 18.3 Å². The number of rotatable bonds is 1. The number of hydrogen-bond acceptors (Lipinski definition) is 3. The summed E-state index contributed by atoms with van der Waals surface area (Å²) in [5.41, 5.74) is 2.81. The van der Waals surface area contributed by atoms with Crippen LogP contribution in [0.4, 0.5) is 0 Å². The van der Waals surface area contributed by atoms with Crippen molar-refractivity contribution < 1.29 is 0 Å². The number of thiophene rings is 1. The first-order valence-corrected chi connectivity index (χ1v) is 4.73. The van der Waals surface area contributed by atoms with E-state index in [1.807, 2.05) is 18.4 Å². The fraction of sp³-hybridized carbons (Fsp3) is 0.111. The second kappa shape index (κ2) is 3.04. The summed E-state index contributed by atoms with van der Waals surface area (Å²) in [6, 6.07) is 2.05. The molecule has 2 aromatic rings. The predicted molar refractivity (Wildman–Crippen MR) is 50.9 cm³/mol. The van der Waals surface area contributed by atoms with Gasteiger partial charge in [-0.1, -0.05) is 0 Å². The van der Waals surface area contributed by atoms with Crippen LogP contribution in [0.3, 0.4) is 0 Å². The molecule has 0 aliphatic carbocycles. The summed E-state index contributed by atoms with van der Waals surface area (Å²) in [5.74, 6) is 0. The molecule has 0 radical (unpaired) electrons. The Hall–Kier alpha value is -1.60. The lowest BCUT2D eigenvalue weighted by molar-refractivity contribution is 0.878. The normalized spacial score (nSPS) is 9.85. The summed E-state index contributed by atoms with van der Waals surface area (Å²) in [4.78, 5) is 0. The van der Waals surface area contributed by atoms with Crippen LogP contribution in [-0.4, -0.2) is 9.78 Å². The van der Waals surface area contributed by atoms with Crippen molar-refractivity contribution in [2.75, 3.05) is 0 Å². The second-order valence-corrected chi connectivity index (χ2v) is 3.47. The average molecular weight is 189 g/mol. The molecule has 0 fully saturated rings. The SMILES string of the molecule is Cc1cscc1-n1cc(C#N)cn1. The Bertz CT molecular complexity index is 461. The maximum atomic E-state index is 8.62. The first-order valence-electron chi connectivity index (χ1n) is 3.79. The average Bonchev–Trinajstić information content (AvgIpc) is 2.71. The van der Waals surface area contributed by atoms with E-state index in [1.165, 1.54) is 5.56 Å². The largest absolute Gasteiger partial charge is 0.238 e. The van der Waals surface area contributed by atoms with Gasteiger partial charge in [-0.3, -0.25) is 0 Å². The molecule has 2 heterocycles. The summed E-state index contributed by atoms with van der Waals surface area (Å²) in [5, 5.41) is 16.8. The summed E-state index contributed by atoms with van der Waals surface area (Å²) >= 11 is 1.63. The van der Waals surface area contributed by atoms with E-state index in [-0.39, 0.29) is 0 Å². The highest BCUT2D eigenvalue weighted by Crippen LogP contribution is 2.17. The lowest BCUT2D eigenvalue weighted by Gasteiger charge is -1.97. The zero-order valence-electron chi connectivity index (χ0n) is 7.06. The Morgan fingerprint density at radius 1 is 1.54 bits per heavy atom. The van der Waals surface area contributed by atoms with E-state index in [4.69, 9.17) is 5.26 Å². The van der Waals surface area contributed by atoms with Gasteiger partial charge in [0.05, 0.1) is 17.4 Å². The Kier molecular flexibility index (Phi) is 1.87. The van der Waals surface area contributed by atoms with Crippen LogP contribution in [0.5, 0.6) is 0 Å². The molecule has 0 saturated heterocycles. The minimum Gasteiger partial charge on any atom is -0.238 e. The molecule has 13 heavy (non-hydrogen) atoms. The van der Waals surface area contributed by atoms with Crippen LogP contribution in [0.2, 0.25) is 0 Å². The van der Waals surface area contributed by atoms with Gasteiger partial charge in [-0.05, 0) is 17.9 Å². The molecule has 0 aliphatic heterocycles. The van der Waals surface area contributed by atoms with Crippen molar-refractivity contribution in [3.8, 4) is 11.8 Å². The van der Waals surface area contributed by atoms with Gasteiger partial charge in [-0.25, -0.2) is 4.68 Å². The van der Waals surface area contributed by atoms with E-state index in [0.29, 0.717) is 5.56 Å². The fourth-order valence-corrected chi connectivity index (χ4v) is 1.92. The number of hydrogen-bond donors (Lipinski definition) is 0. The molecule has 0 N–H and O–H groups in total. The van der Waals surface area contributed by atoms with E-state index in [2.05, 4.69) is 10.5 Å². The molecule has 3 nitrogen and oxygen atoms in total. The Morgan fingerprint density at radius 3 is 2.92 bits per heavy atom. The minimum absolute atomic E-state index is 0.589. The lowest BCUT2D eigenvalue weighted by atomic mass is 10.3. The molecule has 0 atom stereocenters. The Labute approximate surface area is 79.9 Å². The van der Waals surface area contributed by atoms with Crippen molar-refractivity contribution in [1.82, 2.24) is 9.78 Å². The van der Waals surface area contributed by atoms with Crippen molar-refractivity contribution >= 4 is 11.3 Å². The molecule has 0 spiro atoms. The highest BCUT2D eigenvalue weighted by molar-refractivity contribution is 7.08. The van der Waals surface area contributed by atoms with Crippen LogP contribution in [0.15, 0.2) is 23.2 Å². The van der Waals surface area contributed by atoms with Gasteiger partial charge in [-0.2, -0.15) is 10.4 Å². The molecule has 0 amide bonds. The maximum absolute atomic E-state index is 8.62. The monoisotopic (exact) mass is 189 g/mol. The smallest absolute Gasteiger partial charge is 0.102 e. The third-order valence-electron chi connectivity index (χ3n) is 1.79. The van der Waals surface area contributed by atoms with Crippen molar-refractivity contribution in [1.29, 1.82) is 5.26 Å². The summed E-state index contributed by atoms with van der Waals surface area (Å²) in [6.45, 7) is 2.03. The third kappa shape index (κ3) is 1.34. The first-order chi connectivity index (χ1) is 6.31. The van der Waals surface area contributed by atoms with Gasteiger partial charge in [0, 0.05) is 11.6 Å². The Balaban J connectivity index is 2.48. The first kappa shape index (κ1) is 8.02. The summed E-state index contributed by atoms with van der Waals surface area (Å²) < 4.78 is 1.73.